The van der Waals surface area contributed by atoms with Crippen LogP contribution in [0.25, 0.3) is 11.1 Å². The molecule has 4 heteroatoms. The molecular formula is C26H26FNO2. The number of aryl methyl sites for hydroxylation is 3. The summed E-state index contributed by atoms with van der Waals surface area (Å²) in [5.74, 6) is -0.921. The van der Waals surface area contributed by atoms with Gasteiger partial charge in [-0.05, 0) is 85.7 Å². The SMILES string of the molecule is Cc1cc(C)c(C2C(=O)C(Cc3cc(-c4ccc(F)cc4)ccn3)CC2O)c(C)c1. The Balaban J connectivity index is 1.58. The molecule has 1 aromatic heterocycles. The number of carbonyl (C=O) groups is 1. The number of hydrogen-bond acceptors (Lipinski definition) is 3. The molecule has 0 spiro atoms. The maximum Gasteiger partial charge on any atom is 0.146 e. The molecule has 3 unspecified atom stereocenters. The molecule has 3 nitrogen and oxygen atoms in total. The summed E-state index contributed by atoms with van der Waals surface area (Å²) in [7, 11) is 0. The summed E-state index contributed by atoms with van der Waals surface area (Å²) >= 11 is 0. The van der Waals surface area contributed by atoms with Crippen molar-refractivity contribution in [3.05, 3.63) is 88.5 Å². The van der Waals surface area contributed by atoms with Gasteiger partial charge in [-0.3, -0.25) is 9.78 Å². The second kappa shape index (κ2) is 8.11. The number of aromatic nitrogens is 1. The van der Waals surface area contributed by atoms with E-state index in [1.54, 1.807) is 18.3 Å². The second-order valence-corrected chi connectivity index (χ2v) is 8.44. The van der Waals surface area contributed by atoms with Gasteiger partial charge in [-0.1, -0.05) is 29.8 Å². The van der Waals surface area contributed by atoms with Crippen molar-refractivity contribution in [3.8, 4) is 11.1 Å². The number of aliphatic hydroxyl groups is 1. The van der Waals surface area contributed by atoms with Crippen LogP contribution in [-0.2, 0) is 11.2 Å². The lowest BCUT2D eigenvalue weighted by Gasteiger charge is -2.19. The molecule has 30 heavy (non-hydrogen) atoms. The minimum atomic E-state index is -0.678. The Labute approximate surface area is 176 Å². The van der Waals surface area contributed by atoms with Crippen molar-refractivity contribution < 1.29 is 14.3 Å². The Morgan fingerprint density at radius 1 is 1.00 bits per heavy atom. The van der Waals surface area contributed by atoms with Gasteiger partial charge in [0.2, 0.25) is 0 Å². The van der Waals surface area contributed by atoms with E-state index in [2.05, 4.69) is 17.1 Å². The molecule has 1 N–H and O–H groups in total. The van der Waals surface area contributed by atoms with E-state index >= 15 is 0 Å². The van der Waals surface area contributed by atoms with Gasteiger partial charge in [-0.2, -0.15) is 0 Å². The van der Waals surface area contributed by atoms with Crippen LogP contribution >= 0.6 is 0 Å². The summed E-state index contributed by atoms with van der Waals surface area (Å²) < 4.78 is 13.2. The number of nitrogens with zero attached hydrogens (tertiary/aromatic N) is 1. The molecule has 3 aromatic rings. The summed E-state index contributed by atoms with van der Waals surface area (Å²) in [4.78, 5) is 17.7. The highest BCUT2D eigenvalue weighted by Crippen LogP contribution is 2.40. The lowest BCUT2D eigenvalue weighted by Crippen LogP contribution is -2.21. The van der Waals surface area contributed by atoms with Gasteiger partial charge in [0.25, 0.3) is 0 Å². The van der Waals surface area contributed by atoms with Crippen LogP contribution in [-0.4, -0.2) is 22.0 Å². The van der Waals surface area contributed by atoms with E-state index in [1.165, 1.54) is 12.1 Å². The van der Waals surface area contributed by atoms with E-state index in [-0.39, 0.29) is 17.5 Å². The fourth-order valence-corrected chi connectivity index (χ4v) is 4.85. The highest BCUT2D eigenvalue weighted by molar-refractivity contribution is 5.91. The predicted octanol–water partition coefficient (Wildman–Crippen LogP) is 5.09. The molecular weight excluding hydrogens is 377 g/mol. The van der Waals surface area contributed by atoms with Crippen molar-refractivity contribution in [2.75, 3.05) is 0 Å². The van der Waals surface area contributed by atoms with Crippen molar-refractivity contribution in [1.29, 1.82) is 0 Å². The first-order chi connectivity index (χ1) is 14.3. The molecule has 0 saturated heterocycles. The van der Waals surface area contributed by atoms with Crippen LogP contribution in [0.1, 0.15) is 40.3 Å². The Kier molecular flexibility index (Phi) is 5.52. The van der Waals surface area contributed by atoms with Gasteiger partial charge in [0.05, 0.1) is 12.0 Å². The molecule has 1 aliphatic rings. The minimum absolute atomic E-state index is 0.0894. The zero-order valence-corrected chi connectivity index (χ0v) is 17.5. The van der Waals surface area contributed by atoms with E-state index in [4.69, 9.17) is 0 Å². The summed E-state index contributed by atoms with van der Waals surface area (Å²) in [5.41, 5.74) is 6.89. The highest BCUT2D eigenvalue weighted by Gasteiger charge is 2.43. The highest BCUT2D eigenvalue weighted by atomic mass is 19.1. The monoisotopic (exact) mass is 403 g/mol. The quantitative estimate of drug-likeness (QED) is 0.660. The topological polar surface area (TPSA) is 50.2 Å². The van der Waals surface area contributed by atoms with Crippen LogP contribution in [0.3, 0.4) is 0 Å². The molecule has 1 heterocycles. The summed E-state index contributed by atoms with van der Waals surface area (Å²) in [6.45, 7) is 6.06. The lowest BCUT2D eigenvalue weighted by molar-refractivity contribution is -0.122. The Morgan fingerprint density at radius 3 is 2.33 bits per heavy atom. The van der Waals surface area contributed by atoms with Gasteiger partial charge in [-0.15, -0.1) is 0 Å². The minimum Gasteiger partial charge on any atom is -0.392 e. The van der Waals surface area contributed by atoms with Gasteiger partial charge in [0.15, 0.2) is 0 Å². The first-order valence-electron chi connectivity index (χ1n) is 10.3. The molecule has 4 rings (SSSR count). The number of rotatable bonds is 4. The van der Waals surface area contributed by atoms with Crippen molar-refractivity contribution in [2.45, 2.75) is 45.6 Å². The molecule has 0 bridgehead atoms. The van der Waals surface area contributed by atoms with Crippen LogP contribution in [0.15, 0.2) is 54.7 Å². The van der Waals surface area contributed by atoms with E-state index in [0.29, 0.717) is 12.8 Å². The fraction of sp³-hybridized carbons (Fsp3) is 0.308. The summed E-state index contributed by atoms with van der Waals surface area (Å²) in [6, 6.07) is 14.3. The number of pyridine rings is 1. The fourth-order valence-electron chi connectivity index (χ4n) is 4.85. The maximum atomic E-state index is 13.3. The van der Waals surface area contributed by atoms with Crippen LogP contribution in [0.2, 0.25) is 0 Å². The molecule has 2 aromatic carbocycles. The predicted molar refractivity (Wildman–Crippen MR) is 116 cm³/mol. The Hall–Kier alpha value is -2.85. The molecule has 0 aliphatic heterocycles. The molecule has 0 amide bonds. The first-order valence-corrected chi connectivity index (χ1v) is 10.3. The maximum absolute atomic E-state index is 13.3. The zero-order valence-electron chi connectivity index (χ0n) is 17.5. The first kappa shape index (κ1) is 20.4. The Bertz CT molecular complexity index is 1070. The van der Waals surface area contributed by atoms with E-state index in [0.717, 1.165) is 39.1 Å². The van der Waals surface area contributed by atoms with Crippen molar-refractivity contribution in [1.82, 2.24) is 4.98 Å². The van der Waals surface area contributed by atoms with Crippen LogP contribution in [0, 0.1) is 32.5 Å². The standard InChI is InChI=1S/C26H26FNO2/c1-15-10-16(2)24(17(3)11-15)25-23(29)14-20(26(25)30)13-22-12-19(8-9-28-22)18-4-6-21(27)7-5-18/h4-12,20,23,25,29H,13-14H2,1-3H3. The third-order valence-electron chi connectivity index (χ3n) is 6.12. The van der Waals surface area contributed by atoms with Crippen molar-refractivity contribution in [2.24, 2.45) is 5.92 Å². The number of hydrogen-bond donors (Lipinski definition) is 1. The number of Topliss-reactive ketones (excluding diaryl/α,β-unsaturated/α-hetero) is 1. The number of carbonyl (C=O) groups excluding carboxylic acids is 1. The van der Waals surface area contributed by atoms with Gasteiger partial charge < -0.3 is 5.11 Å². The number of halogens is 1. The molecule has 154 valence electrons. The number of benzene rings is 2. The van der Waals surface area contributed by atoms with Crippen LogP contribution in [0.4, 0.5) is 4.39 Å². The summed E-state index contributed by atoms with van der Waals surface area (Å²) in [5, 5.41) is 10.8. The van der Waals surface area contributed by atoms with Crippen molar-refractivity contribution in [3.63, 3.8) is 0 Å². The van der Waals surface area contributed by atoms with Gasteiger partial charge in [-0.25, -0.2) is 4.39 Å². The van der Waals surface area contributed by atoms with Gasteiger partial charge in [0, 0.05) is 17.8 Å². The van der Waals surface area contributed by atoms with E-state index in [9.17, 15) is 14.3 Å². The smallest absolute Gasteiger partial charge is 0.146 e. The third kappa shape index (κ3) is 3.92. The molecule has 1 fully saturated rings. The molecule has 0 radical (unpaired) electrons. The van der Waals surface area contributed by atoms with Gasteiger partial charge in [0.1, 0.15) is 11.6 Å². The normalized spacial score (nSPS) is 21.2. The van der Waals surface area contributed by atoms with Crippen LogP contribution in [0.5, 0.6) is 0 Å². The van der Waals surface area contributed by atoms with Crippen LogP contribution < -0.4 is 0 Å². The summed E-state index contributed by atoms with van der Waals surface area (Å²) in [6.07, 6.45) is 1.97. The second-order valence-electron chi connectivity index (χ2n) is 8.44. The lowest BCUT2D eigenvalue weighted by atomic mass is 9.85. The average Bonchev–Trinajstić information content (AvgIpc) is 2.96. The molecule has 3 atom stereocenters. The average molecular weight is 403 g/mol. The molecule has 1 saturated carbocycles. The van der Waals surface area contributed by atoms with E-state index in [1.807, 2.05) is 32.9 Å². The van der Waals surface area contributed by atoms with Crippen molar-refractivity contribution >= 4 is 5.78 Å². The molecule has 1 aliphatic carbocycles. The largest absolute Gasteiger partial charge is 0.392 e. The Morgan fingerprint density at radius 2 is 1.67 bits per heavy atom. The number of ketones is 1. The van der Waals surface area contributed by atoms with Gasteiger partial charge >= 0.3 is 0 Å². The van der Waals surface area contributed by atoms with E-state index < -0.39 is 12.0 Å². The number of aliphatic hydroxyl groups excluding tert-OH is 1. The third-order valence-corrected chi connectivity index (χ3v) is 6.12. The zero-order chi connectivity index (χ0) is 21.4.